The molecule has 0 saturated carbocycles. The highest BCUT2D eigenvalue weighted by atomic mass is 16.2. The first-order chi connectivity index (χ1) is 12.6. The van der Waals surface area contributed by atoms with Crippen LogP contribution in [0.1, 0.15) is 36.2 Å². The summed E-state index contributed by atoms with van der Waals surface area (Å²) in [7, 11) is 0. The predicted molar refractivity (Wildman–Crippen MR) is 97.9 cm³/mol. The minimum atomic E-state index is -0.396. The fourth-order valence-electron chi connectivity index (χ4n) is 2.95. The maximum Gasteiger partial charge on any atom is 0.276 e. The minimum Gasteiger partial charge on any atom is -0.343 e. The Kier molecular flexibility index (Phi) is 5.78. The van der Waals surface area contributed by atoms with Crippen molar-refractivity contribution < 1.29 is 9.59 Å². The van der Waals surface area contributed by atoms with Crippen LogP contribution >= 0.6 is 0 Å². The molecule has 26 heavy (non-hydrogen) atoms. The summed E-state index contributed by atoms with van der Waals surface area (Å²) in [6.07, 6.45) is 3.41. The van der Waals surface area contributed by atoms with Gasteiger partial charge in [-0.25, -0.2) is 4.68 Å². The van der Waals surface area contributed by atoms with Gasteiger partial charge >= 0.3 is 0 Å². The highest BCUT2D eigenvalue weighted by molar-refractivity contribution is 6.02. The van der Waals surface area contributed by atoms with Crippen LogP contribution < -0.4 is 10.9 Å². The SMILES string of the molecule is O=C(Nc1ccccc1)c1ccc(=O)n(CCC(=O)N2CCCCC2)n1. The molecule has 3 rings (SSSR count). The first-order valence-electron chi connectivity index (χ1n) is 8.86. The molecule has 2 heterocycles. The van der Waals surface area contributed by atoms with Crippen molar-refractivity contribution in [1.29, 1.82) is 0 Å². The standard InChI is InChI=1S/C19H22N4O3/c24-17(22-12-5-2-6-13-22)11-14-23-18(25)10-9-16(21-23)19(26)20-15-7-3-1-4-8-15/h1,3-4,7-10H,2,5-6,11-14H2,(H,20,26). The molecule has 1 aromatic heterocycles. The number of carbonyl (C=O) groups excluding carboxylic acids is 2. The lowest BCUT2D eigenvalue weighted by Crippen LogP contribution is -2.37. The highest BCUT2D eigenvalue weighted by Gasteiger charge is 2.17. The summed E-state index contributed by atoms with van der Waals surface area (Å²) >= 11 is 0. The van der Waals surface area contributed by atoms with Gasteiger partial charge in [0.2, 0.25) is 5.91 Å². The number of carbonyl (C=O) groups is 2. The van der Waals surface area contributed by atoms with Crippen molar-refractivity contribution in [3.05, 3.63) is 58.5 Å². The van der Waals surface area contributed by atoms with Crippen molar-refractivity contribution in [2.24, 2.45) is 0 Å². The Morgan fingerprint density at radius 3 is 2.46 bits per heavy atom. The van der Waals surface area contributed by atoms with E-state index in [1.54, 1.807) is 12.1 Å². The number of nitrogens with one attached hydrogen (secondary N) is 1. The van der Waals surface area contributed by atoms with Crippen LogP contribution in [0.2, 0.25) is 0 Å². The maximum absolute atomic E-state index is 12.3. The number of para-hydroxylation sites is 1. The third kappa shape index (κ3) is 4.56. The van der Waals surface area contributed by atoms with Crippen molar-refractivity contribution in [2.75, 3.05) is 18.4 Å². The van der Waals surface area contributed by atoms with E-state index in [0.29, 0.717) is 5.69 Å². The van der Waals surface area contributed by atoms with E-state index in [1.165, 1.54) is 16.8 Å². The number of aromatic nitrogens is 2. The van der Waals surface area contributed by atoms with Crippen LogP contribution in [-0.4, -0.2) is 39.6 Å². The number of hydrogen-bond donors (Lipinski definition) is 1. The van der Waals surface area contributed by atoms with E-state index >= 15 is 0 Å². The van der Waals surface area contributed by atoms with Gasteiger partial charge in [-0.1, -0.05) is 18.2 Å². The molecule has 1 N–H and O–H groups in total. The summed E-state index contributed by atoms with van der Waals surface area (Å²) in [5.74, 6) is -0.371. The molecule has 0 spiro atoms. The van der Waals surface area contributed by atoms with Gasteiger partial charge in [-0.3, -0.25) is 14.4 Å². The third-order valence-corrected chi connectivity index (χ3v) is 4.38. The summed E-state index contributed by atoms with van der Waals surface area (Å²) in [5, 5.41) is 6.84. The zero-order chi connectivity index (χ0) is 18.4. The average molecular weight is 354 g/mol. The van der Waals surface area contributed by atoms with E-state index in [0.717, 1.165) is 32.4 Å². The predicted octanol–water partition coefficient (Wildman–Crippen LogP) is 1.90. The molecule has 2 aromatic rings. The van der Waals surface area contributed by atoms with E-state index in [2.05, 4.69) is 10.4 Å². The van der Waals surface area contributed by atoms with Gasteiger partial charge in [0.25, 0.3) is 11.5 Å². The molecule has 2 amide bonds. The van der Waals surface area contributed by atoms with Crippen molar-refractivity contribution in [1.82, 2.24) is 14.7 Å². The van der Waals surface area contributed by atoms with Gasteiger partial charge in [0, 0.05) is 31.3 Å². The number of likely N-dealkylation sites (tertiary alicyclic amines) is 1. The second-order valence-electron chi connectivity index (χ2n) is 6.29. The van der Waals surface area contributed by atoms with Gasteiger partial charge in [0.05, 0.1) is 6.54 Å². The molecule has 1 aromatic carbocycles. The number of anilines is 1. The van der Waals surface area contributed by atoms with Crippen LogP contribution in [-0.2, 0) is 11.3 Å². The molecule has 0 aliphatic carbocycles. The zero-order valence-electron chi connectivity index (χ0n) is 14.6. The minimum absolute atomic E-state index is 0.0255. The van der Waals surface area contributed by atoms with Crippen molar-refractivity contribution in [3.63, 3.8) is 0 Å². The highest BCUT2D eigenvalue weighted by Crippen LogP contribution is 2.10. The van der Waals surface area contributed by atoms with Crippen LogP contribution in [0, 0.1) is 0 Å². The zero-order valence-corrected chi connectivity index (χ0v) is 14.6. The number of benzene rings is 1. The second kappa shape index (κ2) is 8.42. The molecule has 136 valence electrons. The Morgan fingerprint density at radius 1 is 1.00 bits per heavy atom. The van der Waals surface area contributed by atoms with E-state index < -0.39 is 5.91 Å². The average Bonchev–Trinajstić information content (AvgIpc) is 2.68. The smallest absolute Gasteiger partial charge is 0.276 e. The number of hydrogen-bond acceptors (Lipinski definition) is 4. The topological polar surface area (TPSA) is 84.3 Å². The maximum atomic E-state index is 12.3. The summed E-state index contributed by atoms with van der Waals surface area (Å²) in [4.78, 5) is 38.4. The Bertz CT molecular complexity index is 826. The molecule has 7 heteroatoms. The van der Waals surface area contributed by atoms with Crippen molar-refractivity contribution >= 4 is 17.5 Å². The van der Waals surface area contributed by atoms with Crippen molar-refractivity contribution in [3.8, 4) is 0 Å². The summed E-state index contributed by atoms with van der Waals surface area (Å²) in [6.45, 7) is 1.72. The third-order valence-electron chi connectivity index (χ3n) is 4.38. The van der Waals surface area contributed by atoms with Crippen LogP contribution in [0.3, 0.4) is 0 Å². The summed E-state index contributed by atoms with van der Waals surface area (Å²) in [6, 6.07) is 11.7. The van der Waals surface area contributed by atoms with E-state index in [-0.39, 0.29) is 30.1 Å². The van der Waals surface area contributed by atoms with E-state index in [4.69, 9.17) is 0 Å². The van der Waals surface area contributed by atoms with Crippen LogP contribution in [0.5, 0.6) is 0 Å². The van der Waals surface area contributed by atoms with Gasteiger partial charge in [-0.05, 0) is 37.5 Å². The second-order valence-corrected chi connectivity index (χ2v) is 6.29. The molecule has 1 aliphatic heterocycles. The molecule has 0 radical (unpaired) electrons. The van der Waals surface area contributed by atoms with E-state index in [9.17, 15) is 14.4 Å². The Balaban J connectivity index is 1.64. The molecule has 1 saturated heterocycles. The summed E-state index contributed by atoms with van der Waals surface area (Å²) in [5.41, 5.74) is 0.462. The number of piperidine rings is 1. The Labute approximate surface area is 151 Å². The van der Waals surface area contributed by atoms with Crippen LogP contribution in [0.4, 0.5) is 5.69 Å². The lowest BCUT2D eigenvalue weighted by molar-refractivity contribution is -0.132. The van der Waals surface area contributed by atoms with Crippen molar-refractivity contribution in [2.45, 2.75) is 32.2 Å². The molecular weight excluding hydrogens is 332 g/mol. The molecular formula is C19H22N4O3. The monoisotopic (exact) mass is 354 g/mol. The van der Waals surface area contributed by atoms with Gasteiger partial charge in [-0.2, -0.15) is 5.10 Å². The first kappa shape index (κ1) is 17.8. The van der Waals surface area contributed by atoms with Gasteiger partial charge < -0.3 is 10.2 Å². The molecule has 0 unspecified atom stereocenters. The molecule has 0 bridgehead atoms. The number of amides is 2. The normalized spacial score (nSPS) is 14.1. The Hall–Kier alpha value is -2.96. The van der Waals surface area contributed by atoms with Crippen LogP contribution in [0.25, 0.3) is 0 Å². The lowest BCUT2D eigenvalue weighted by Gasteiger charge is -2.26. The fraction of sp³-hybridized carbons (Fsp3) is 0.368. The number of nitrogens with zero attached hydrogens (tertiary/aromatic N) is 3. The molecule has 0 atom stereocenters. The molecule has 1 aliphatic rings. The Morgan fingerprint density at radius 2 is 1.73 bits per heavy atom. The van der Waals surface area contributed by atoms with Gasteiger partial charge in [0.15, 0.2) is 0 Å². The largest absolute Gasteiger partial charge is 0.343 e. The molecule has 7 nitrogen and oxygen atoms in total. The van der Waals surface area contributed by atoms with Gasteiger partial charge in [-0.15, -0.1) is 0 Å². The quantitative estimate of drug-likeness (QED) is 0.889. The lowest BCUT2D eigenvalue weighted by atomic mass is 10.1. The molecule has 1 fully saturated rings. The fourth-order valence-corrected chi connectivity index (χ4v) is 2.95. The van der Waals surface area contributed by atoms with Gasteiger partial charge in [0.1, 0.15) is 5.69 Å². The number of rotatable bonds is 5. The van der Waals surface area contributed by atoms with Crippen LogP contribution in [0.15, 0.2) is 47.3 Å². The summed E-state index contributed by atoms with van der Waals surface area (Å²) < 4.78 is 1.18. The van der Waals surface area contributed by atoms with E-state index in [1.807, 2.05) is 23.1 Å². The number of aryl methyl sites for hydroxylation is 1. The first-order valence-corrected chi connectivity index (χ1v) is 8.86.